The molecule has 0 aliphatic heterocycles. The van der Waals surface area contributed by atoms with E-state index in [-0.39, 0.29) is 0 Å². The fourth-order valence-electron chi connectivity index (χ4n) is 6.74. The third-order valence-corrected chi connectivity index (χ3v) is 8.76. The molecule has 3 nitrogen and oxygen atoms in total. The monoisotopic (exact) mass is 696 g/mol. The second-order valence-corrected chi connectivity index (χ2v) is 11.3. The number of nitrogens with zero attached hydrogens (tertiary/aromatic N) is 1. The van der Waals surface area contributed by atoms with Gasteiger partial charge in [-0.25, -0.2) is 0 Å². The number of furan rings is 2. The SMILES string of the molecule is [2H]c1c([2H])c([2H])c(C2(c3c([2H])c([2H])c([2H])c([2H])c3N(c3c([2H])c([2H])c4c(oc5c([2H])c([2H])c([2H])c([2H])c54)c3[2H])c3c([2H])c([2H])c([2H])c4oc5c([2H])c([2H])c([2H])c([2H])c5c34)c3c([2H])c([2H])c([2H])c([2H])c3-c3c([2H])c([2H])c([2H])c([2H])c32)c([2H])c1[2H]. The van der Waals surface area contributed by atoms with Crippen LogP contribution in [-0.2, 0) is 5.41 Å². The molecular weight excluding hydrogens is 635 g/mol. The standard InChI is InChI=1S/C49H31NO2/c1-2-15-32(16-3-1)49(39-21-8-4-17-34(39)35-18-5-9-22-40(35)49)41-23-10-11-24-42(41)50(33-29-30-37-36-19-6-12-26-44(36)52-47(37)31-33)43-25-14-28-46-48(43)38-20-7-13-27-45(38)51-46/h1-31H/i1D,2D,3D,4D,5D,6D,7D,8D,9D,10D,11D,12D,13D,14D,15D,16D,17D,18D,19D,20D,21D,22D,23D,24D,25D,26D,27D,28D,29D,30D,31D. The van der Waals surface area contributed by atoms with E-state index in [1.54, 1.807) is 0 Å². The Morgan fingerprint density at radius 2 is 0.942 bits per heavy atom. The molecular formula is C49H31NO2. The summed E-state index contributed by atoms with van der Waals surface area (Å²) in [5.74, 6) is 0. The first-order valence-electron chi connectivity index (χ1n) is 30.7. The topological polar surface area (TPSA) is 29.5 Å². The summed E-state index contributed by atoms with van der Waals surface area (Å²) < 4.78 is 299. The van der Waals surface area contributed by atoms with Gasteiger partial charge in [-0.15, -0.1) is 0 Å². The summed E-state index contributed by atoms with van der Waals surface area (Å²) in [6, 6.07) is -35.1. The lowest BCUT2D eigenvalue weighted by atomic mass is 9.67. The van der Waals surface area contributed by atoms with E-state index in [2.05, 4.69) is 0 Å². The summed E-state index contributed by atoms with van der Waals surface area (Å²) in [6.45, 7) is 0. The highest BCUT2D eigenvalue weighted by molar-refractivity contribution is 6.14. The van der Waals surface area contributed by atoms with Crippen molar-refractivity contribution in [2.75, 3.05) is 4.90 Å². The number of hydrogen-bond acceptors (Lipinski definition) is 3. The van der Waals surface area contributed by atoms with E-state index in [9.17, 15) is 21.9 Å². The highest BCUT2D eigenvalue weighted by atomic mass is 16.3. The van der Waals surface area contributed by atoms with Crippen molar-refractivity contribution in [3.63, 3.8) is 0 Å². The lowest BCUT2D eigenvalue weighted by molar-refractivity contribution is 0.669. The molecule has 0 unspecified atom stereocenters. The molecule has 3 heteroatoms. The zero-order valence-electron chi connectivity index (χ0n) is 56.8. The van der Waals surface area contributed by atoms with Crippen LogP contribution in [0, 0.1) is 0 Å². The molecule has 0 amide bonds. The summed E-state index contributed by atoms with van der Waals surface area (Å²) in [4.78, 5) is 0.377. The second kappa shape index (κ2) is 11.1. The summed E-state index contributed by atoms with van der Waals surface area (Å²) in [5.41, 5.74) is -16.7. The molecule has 244 valence electrons. The van der Waals surface area contributed by atoms with Crippen molar-refractivity contribution in [3.05, 3.63) is 210 Å². The molecule has 8 aromatic carbocycles. The van der Waals surface area contributed by atoms with Crippen LogP contribution in [0.3, 0.4) is 0 Å². The largest absolute Gasteiger partial charge is 0.456 e. The Morgan fingerprint density at radius 1 is 0.404 bits per heavy atom. The van der Waals surface area contributed by atoms with Crippen molar-refractivity contribution in [1.29, 1.82) is 0 Å². The zero-order valence-corrected chi connectivity index (χ0v) is 25.8. The van der Waals surface area contributed by atoms with Crippen LogP contribution in [0.5, 0.6) is 0 Å². The highest BCUT2D eigenvalue weighted by Gasteiger charge is 2.47. The van der Waals surface area contributed by atoms with Gasteiger partial charge in [0.15, 0.2) is 0 Å². The molecule has 1 aliphatic rings. The van der Waals surface area contributed by atoms with Crippen LogP contribution in [0.2, 0.25) is 0 Å². The predicted octanol–water partition coefficient (Wildman–Crippen LogP) is 13.3. The van der Waals surface area contributed by atoms with Gasteiger partial charge in [0.2, 0.25) is 0 Å². The Balaban J connectivity index is 1.54. The maximum atomic E-state index is 10.2. The Hall–Kier alpha value is -6.84. The van der Waals surface area contributed by atoms with Gasteiger partial charge in [0.1, 0.15) is 22.3 Å². The highest BCUT2D eigenvalue weighted by Crippen LogP contribution is 2.59. The van der Waals surface area contributed by atoms with Crippen LogP contribution < -0.4 is 4.90 Å². The van der Waals surface area contributed by atoms with Gasteiger partial charge in [-0.05, 0) is 75.7 Å². The van der Waals surface area contributed by atoms with Gasteiger partial charge in [-0.2, -0.15) is 0 Å². The normalized spacial score (nSPS) is 21.5. The predicted molar refractivity (Wildman–Crippen MR) is 213 cm³/mol. The number of hydrogen-bond donors (Lipinski definition) is 0. The molecule has 0 N–H and O–H groups in total. The van der Waals surface area contributed by atoms with E-state index < -0.39 is 287 Å². The van der Waals surface area contributed by atoms with Crippen molar-refractivity contribution in [3.8, 4) is 11.1 Å². The molecule has 1 aliphatic carbocycles. The van der Waals surface area contributed by atoms with Crippen LogP contribution in [0.15, 0.2) is 196 Å². The van der Waals surface area contributed by atoms with Crippen molar-refractivity contribution < 1.29 is 51.3 Å². The third kappa shape index (κ3) is 3.96. The Kier molecular flexibility index (Phi) is 2.53. The van der Waals surface area contributed by atoms with E-state index in [1.165, 1.54) is 0 Å². The van der Waals surface area contributed by atoms with Gasteiger partial charge in [0.05, 0.1) is 64.7 Å². The minimum absolute atomic E-state index is 0.377. The summed E-state index contributed by atoms with van der Waals surface area (Å²) in [5, 5.41) is -2.73. The minimum Gasteiger partial charge on any atom is -0.456 e. The number of benzene rings is 8. The lowest BCUT2D eigenvalue weighted by Gasteiger charge is -2.38. The molecule has 0 spiro atoms. The van der Waals surface area contributed by atoms with E-state index >= 15 is 0 Å². The number of para-hydroxylation sites is 3. The van der Waals surface area contributed by atoms with Crippen molar-refractivity contribution in [1.82, 2.24) is 0 Å². The van der Waals surface area contributed by atoms with Crippen LogP contribution in [0.4, 0.5) is 17.1 Å². The molecule has 11 rings (SSSR count). The maximum absolute atomic E-state index is 10.2. The van der Waals surface area contributed by atoms with Gasteiger partial charge in [0, 0.05) is 27.9 Å². The Labute approximate surface area is 344 Å². The molecule has 0 radical (unpaired) electrons. The Morgan fingerprint density at radius 3 is 1.71 bits per heavy atom. The first-order chi connectivity index (χ1) is 38.7. The van der Waals surface area contributed by atoms with Crippen LogP contribution in [0.25, 0.3) is 55.0 Å². The Bertz CT molecular complexity index is 4680. The summed E-state index contributed by atoms with van der Waals surface area (Å²) in [6.07, 6.45) is 0. The van der Waals surface area contributed by atoms with E-state index in [1.807, 2.05) is 0 Å². The fraction of sp³-hybridized carbons (Fsp3) is 0.0204. The molecule has 52 heavy (non-hydrogen) atoms. The van der Waals surface area contributed by atoms with E-state index in [0.29, 0.717) is 4.90 Å². The summed E-state index contributed by atoms with van der Waals surface area (Å²) in [7, 11) is 0. The first kappa shape index (κ1) is 11.9. The average Bonchev–Trinajstić information content (AvgIpc) is 1.67. The first-order valence-corrected chi connectivity index (χ1v) is 15.2. The third-order valence-electron chi connectivity index (χ3n) is 8.76. The lowest BCUT2D eigenvalue weighted by Crippen LogP contribution is -2.30. The zero-order chi connectivity index (χ0) is 61.2. The number of rotatable bonds is 5. The molecule has 10 aromatic rings. The smallest absolute Gasteiger partial charge is 0.137 e. The molecule has 2 heterocycles. The van der Waals surface area contributed by atoms with Crippen molar-refractivity contribution in [2.45, 2.75) is 5.41 Å². The van der Waals surface area contributed by atoms with E-state index in [4.69, 9.17) is 29.4 Å². The van der Waals surface area contributed by atoms with Gasteiger partial charge < -0.3 is 13.7 Å². The molecule has 0 bridgehead atoms. The van der Waals surface area contributed by atoms with Crippen LogP contribution >= 0.6 is 0 Å². The molecule has 0 saturated carbocycles. The molecule has 0 atom stereocenters. The number of anilines is 3. The summed E-state index contributed by atoms with van der Waals surface area (Å²) >= 11 is 0. The van der Waals surface area contributed by atoms with Gasteiger partial charge in [0.25, 0.3) is 0 Å². The number of fused-ring (bicyclic) bond motifs is 9. The van der Waals surface area contributed by atoms with Crippen LogP contribution in [-0.4, -0.2) is 0 Å². The van der Waals surface area contributed by atoms with Gasteiger partial charge in [-0.1, -0.05) is 139 Å². The molecule has 0 saturated heterocycles. The van der Waals surface area contributed by atoms with Gasteiger partial charge in [-0.3, -0.25) is 0 Å². The molecule has 2 aromatic heterocycles. The van der Waals surface area contributed by atoms with Gasteiger partial charge >= 0.3 is 0 Å². The quantitative estimate of drug-likeness (QED) is 0.179. The maximum Gasteiger partial charge on any atom is 0.137 e. The van der Waals surface area contributed by atoms with E-state index in [0.717, 1.165) is 0 Å². The van der Waals surface area contributed by atoms with Crippen molar-refractivity contribution >= 4 is 60.9 Å². The fourth-order valence-corrected chi connectivity index (χ4v) is 6.74. The minimum atomic E-state index is -3.57. The van der Waals surface area contributed by atoms with Crippen LogP contribution in [0.1, 0.15) is 64.7 Å². The second-order valence-electron chi connectivity index (χ2n) is 11.3. The average molecular weight is 697 g/mol. The van der Waals surface area contributed by atoms with Crippen molar-refractivity contribution in [2.24, 2.45) is 0 Å². The molecule has 0 fully saturated rings.